The van der Waals surface area contributed by atoms with E-state index in [-0.39, 0.29) is 0 Å². The number of hydrogen-bond acceptors (Lipinski definition) is 2. The molecule has 2 aromatic rings. The molecule has 0 unspecified atom stereocenters. The van der Waals surface area contributed by atoms with Crippen LogP contribution in [-0.4, -0.2) is 15.0 Å². The summed E-state index contributed by atoms with van der Waals surface area (Å²) in [6, 6.07) is 6.10. The largest absolute Gasteiger partial charge is 0.220 e. The maximum absolute atomic E-state index is 3.91. The van der Waals surface area contributed by atoms with Crippen molar-refractivity contribution in [2.75, 3.05) is 0 Å². The average molecular weight is 238 g/mol. The third-order valence-corrected chi connectivity index (χ3v) is 2.41. The summed E-state index contributed by atoms with van der Waals surface area (Å²) in [5.74, 6) is 0. The lowest BCUT2D eigenvalue weighted by Gasteiger charge is -2.03. The van der Waals surface area contributed by atoms with Gasteiger partial charge in [0.15, 0.2) is 0 Å². The van der Waals surface area contributed by atoms with Crippen LogP contribution < -0.4 is 0 Å². The second kappa shape index (κ2) is 3.30. The summed E-state index contributed by atoms with van der Waals surface area (Å²) in [6.45, 7) is 2.05. The zero-order valence-electron chi connectivity index (χ0n) is 7.11. The van der Waals surface area contributed by atoms with Gasteiger partial charge in [-0.1, -0.05) is 11.3 Å². The van der Waals surface area contributed by atoms with Gasteiger partial charge in [0, 0.05) is 4.47 Å². The van der Waals surface area contributed by atoms with E-state index in [0.29, 0.717) is 0 Å². The molecule has 0 bridgehead atoms. The molecule has 0 saturated heterocycles. The molecule has 1 aromatic heterocycles. The van der Waals surface area contributed by atoms with Gasteiger partial charge in [-0.25, -0.2) is 4.68 Å². The number of aromatic nitrogens is 3. The van der Waals surface area contributed by atoms with E-state index in [1.165, 1.54) is 5.56 Å². The van der Waals surface area contributed by atoms with Crippen molar-refractivity contribution >= 4 is 15.9 Å². The fourth-order valence-electron chi connectivity index (χ4n) is 1.13. The molecule has 0 fully saturated rings. The molecule has 0 aliphatic heterocycles. The predicted octanol–water partition coefficient (Wildman–Crippen LogP) is 2.34. The fourth-order valence-corrected chi connectivity index (χ4v) is 1.81. The Balaban J connectivity index is 2.53. The van der Waals surface area contributed by atoms with Gasteiger partial charge in [-0.05, 0) is 40.5 Å². The van der Waals surface area contributed by atoms with Gasteiger partial charge in [-0.15, -0.1) is 5.10 Å². The van der Waals surface area contributed by atoms with Gasteiger partial charge < -0.3 is 0 Å². The minimum atomic E-state index is 1.00. The monoisotopic (exact) mass is 237 g/mol. The van der Waals surface area contributed by atoms with Gasteiger partial charge >= 0.3 is 0 Å². The lowest BCUT2D eigenvalue weighted by molar-refractivity contribution is 0.800. The number of halogens is 1. The summed E-state index contributed by atoms with van der Waals surface area (Å²) in [4.78, 5) is 0. The first-order valence-corrected chi connectivity index (χ1v) is 4.69. The van der Waals surface area contributed by atoms with Crippen molar-refractivity contribution in [2.24, 2.45) is 0 Å². The second-order valence-corrected chi connectivity index (χ2v) is 3.66. The highest BCUT2D eigenvalue weighted by molar-refractivity contribution is 9.10. The van der Waals surface area contributed by atoms with Crippen molar-refractivity contribution in [3.05, 3.63) is 40.6 Å². The van der Waals surface area contributed by atoms with Crippen LogP contribution in [0.1, 0.15) is 5.56 Å². The van der Waals surface area contributed by atoms with Crippen LogP contribution in [0.15, 0.2) is 35.1 Å². The Hall–Kier alpha value is -1.16. The van der Waals surface area contributed by atoms with E-state index in [1.807, 2.05) is 18.3 Å². The Morgan fingerprint density at radius 1 is 1.38 bits per heavy atom. The van der Waals surface area contributed by atoms with Crippen molar-refractivity contribution in [3.8, 4) is 5.69 Å². The van der Waals surface area contributed by atoms with Gasteiger partial charge in [-0.3, -0.25) is 0 Å². The molecule has 0 N–H and O–H groups in total. The van der Waals surface area contributed by atoms with Gasteiger partial charge in [0.2, 0.25) is 0 Å². The van der Waals surface area contributed by atoms with Crippen LogP contribution in [0.5, 0.6) is 0 Å². The minimum absolute atomic E-state index is 1.00. The normalized spacial score (nSPS) is 10.3. The summed E-state index contributed by atoms with van der Waals surface area (Å²) < 4.78 is 2.75. The Kier molecular flexibility index (Phi) is 2.14. The number of benzene rings is 1. The summed E-state index contributed by atoms with van der Waals surface area (Å²) in [5.41, 5.74) is 2.22. The molecule has 0 spiro atoms. The first-order valence-electron chi connectivity index (χ1n) is 3.90. The highest BCUT2D eigenvalue weighted by atomic mass is 79.9. The van der Waals surface area contributed by atoms with E-state index >= 15 is 0 Å². The molecular formula is C9H8BrN3. The average Bonchev–Trinajstić information content (AvgIpc) is 2.56. The minimum Gasteiger partial charge on any atom is -0.220 e. The van der Waals surface area contributed by atoms with Gasteiger partial charge in [0.05, 0.1) is 18.1 Å². The zero-order valence-corrected chi connectivity index (χ0v) is 8.69. The molecule has 0 saturated carbocycles. The maximum Gasteiger partial charge on any atom is 0.0805 e. The van der Waals surface area contributed by atoms with Crippen LogP contribution in [0, 0.1) is 6.92 Å². The van der Waals surface area contributed by atoms with E-state index in [4.69, 9.17) is 0 Å². The lowest BCUT2D eigenvalue weighted by atomic mass is 10.2. The number of aryl methyl sites for hydroxylation is 1. The van der Waals surface area contributed by atoms with Crippen molar-refractivity contribution in [3.63, 3.8) is 0 Å². The van der Waals surface area contributed by atoms with Crippen molar-refractivity contribution in [1.29, 1.82) is 0 Å². The van der Waals surface area contributed by atoms with E-state index in [1.54, 1.807) is 10.9 Å². The lowest BCUT2D eigenvalue weighted by Crippen LogP contribution is -1.96. The zero-order chi connectivity index (χ0) is 9.26. The number of hydrogen-bond donors (Lipinski definition) is 0. The highest BCUT2D eigenvalue weighted by Gasteiger charge is 2.01. The molecule has 13 heavy (non-hydrogen) atoms. The third-order valence-electron chi connectivity index (χ3n) is 1.77. The van der Waals surface area contributed by atoms with E-state index < -0.39 is 0 Å². The third kappa shape index (κ3) is 1.62. The van der Waals surface area contributed by atoms with Crippen LogP contribution in [0.2, 0.25) is 0 Å². The number of rotatable bonds is 1. The summed E-state index contributed by atoms with van der Waals surface area (Å²) in [6.07, 6.45) is 3.47. The van der Waals surface area contributed by atoms with Crippen molar-refractivity contribution < 1.29 is 0 Å². The van der Waals surface area contributed by atoms with Gasteiger partial charge in [-0.2, -0.15) is 0 Å². The van der Waals surface area contributed by atoms with Crippen LogP contribution in [0.25, 0.3) is 5.69 Å². The SMILES string of the molecule is Cc1ccc(-n2ccnn2)c(Br)c1. The topological polar surface area (TPSA) is 30.7 Å². The maximum atomic E-state index is 3.91. The van der Waals surface area contributed by atoms with Crippen molar-refractivity contribution in [2.45, 2.75) is 6.92 Å². The molecule has 1 aromatic carbocycles. The Morgan fingerprint density at radius 3 is 2.85 bits per heavy atom. The van der Waals surface area contributed by atoms with Crippen LogP contribution in [0.3, 0.4) is 0 Å². The smallest absolute Gasteiger partial charge is 0.0805 e. The molecular weight excluding hydrogens is 230 g/mol. The first kappa shape index (κ1) is 8.44. The van der Waals surface area contributed by atoms with Gasteiger partial charge in [0.25, 0.3) is 0 Å². The Morgan fingerprint density at radius 2 is 2.23 bits per heavy atom. The number of nitrogens with zero attached hydrogens (tertiary/aromatic N) is 3. The van der Waals surface area contributed by atoms with Crippen LogP contribution in [0.4, 0.5) is 0 Å². The Bertz CT molecular complexity index is 409. The van der Waals surface area contributed by atoms with Gasteiger partial charge in [0.1, 0.15) is 0 Å². The molecule has 1 heterocycles. The van der Waals surface area contributed by atoms with E-state index in [2.05, 4.69) is 39.2 Å². The molecule has 0 amide bonds. The van der Waals surface area contributed by atoms with Crippen molar-refractivity contribution in [1.82, 2.24) is 15.0 Å². The molecule has 0 atom stereocenters. The van der Waals surface area contributed by atoms with E-state index in [0.717, 1.165) is 10.2 Å². The Labute approximate surface area is 84.5 Å². The standard InChI is InChI=1S/C9H8BrN3/c1-7-2-3-9(8(10)6-7)13-5-4-11-12-13/h2-6H,1H3. The molecule has 2 rings (SSSR count). The molecule has 0 radical (unpaired) electrons. The molecule has 3 nitrogen and oxygen atoms in total. The summed E-state index contributed by atoms with van der Waals surface area (Å²) in [7, 11) is 0. The molecule has 66 valence electrons. The van der Waals surface area contributed by atoms with Crippen LogP contribution >= 0.6 is 15.9 Å². The quantitative estimate of drug-likeness (QED) is 0.763. The summed E-state index contributed by atoms with van der Waals surface area (Å²) in [5, 5.41) is 7.67. The summed E-state index contributed by atoms with van der Waals surface area (Å²) >= 11 is 3.48. The van der Waals surface area contributed by atoms with E-state index in [9.17, 15) is 0 Å². The fraction of sp³-hybridized carbons (Fsp3) is 0.111. The molecule has 0 aliphatic carbocycles. The molecule has 4 heteroatoms. The molecule has 0 aliphatic rings. The highest BCUT2D eigenvalue weighted by Crippen LogP contribution is 2.20. The first-order chi connectivity index (χ1) is 6.27. The predicted molar refractivity (Wildman–Crippen MR) is 53.8 cm³/mol. The van der Waals surface area contributed by atoms with Crippen LogP contribution in [-0.2, 0) is 0 Å². The second-order valence-electron chi connectivity index (χ2n) is 2.80.